The van der Waals surface area contributed by atoms with E-state index in [1.807, 2.05) is 35.9 Å². The first-order chi connectivity index (χ1) is 9.19. The third kappa shape index (κ3) is 2.71. The number of hydrogen-bond donors (Lipinski definition) is 1. The Kier molecular flexibility index (Phi) is 4.06. The fraction of sp³-hybridized carbons (Fsp3) is 0.357. The van der Waals surface area contributed by atoms with Crippen molar-refractivity contribution in [3.05, 3.63) is 30.2 Å². The number of nitrogens with two attached hydrogens (primary N) is 1. The van der Waals surface area contributed by atoms with E-state index >= 15 is 0 Å². The fourth-order valence-corrected chi connectivity index (χ4v) is 2.01. The highest BCUT2D eigenvalue weighted by atomic mass is 16.5. The van der Waals surface area contributed by atoms with E-state index in [2.05, 4.69) is 4.98 Å². The van der Waals surface area contributed by atoms with Gasteiger partial charge in [0.05, 0.1) is 19.9 Å². The Bertz CT molecular complexity index is 564. The van der Waals surface area contributed by atoms with Gasteiger partial charge in [-0.15, -0.1) is 0 Å². The Balaban J connectivity index is 2.38. The zero-order valence-electron chi connectivity index (χ0n) is 11.5. The van der Waals surface area contributed by atoms with Gasteiger partial charge in [0, 0.05) is 24.8 Å². The second kappa shape index (κ2) is 5.75. The van der Waals surface area contributed by atoms with E-state index < -0.39 is 0 Å². The fourth-order valence-electron chi connectivity index (χ4n) is 2.01. The summed E-state index contributed by atoms with van der Waals surface area (Å²) >= 11 is 0. The second-order valence-corrected chi connectivity index (χ2v) is 4.23. The second-order valence-electron chi connectivity index (χ2n) is 4.23. The van der Waals surface area contributed by atoms with E-state index in [0.29, 0.717) is 18.0 Å². The highest BCUT2D eigenvalue weighted by Crippen LogP contribution is 2.31. The molecule has 0 aliphatic heterocycles. The molecule has 0 fully saturated rings. The SMILES string of the molecule is COc1ccc(-c2cn(CCN)c(C)n2)cc1OC. The van der Waals surface area contributed by atoms with Crippen LogP contribution in [0.15, 0.2) is 24.4 Å². The van der Waals surface area contributed by atoms with Crippen LogP contribution in [-0.2, 0) is 6.54 Å². The van der Waals surface area contributed by atoms with Gasteiger partial charge in [0.1, 0.15) is 5.82 Å². The maximum absolute atomic E-state index is 5.58. The molecule has 0 aliphatic carbocycles. The van der Waals surface area contributed by atoms with E-state index in [0.717, 1.165) is 23.6 Å². The van der Waals surface area contributed by atoms with Crippen molar-refractivity contribution >= 4 is 0 Å². The molecule has 5 nitrogen and oxygen atoms in total. The first-order valence-corrected chi connectivity index (χ1v) is 6.15. The van der Waals surface area contributed by atoms with Crippen LogP contribution in [0.2, 0.25) is 0 Å². The first-order valence-electron chi connectivity index (χ1n) is 6.15. The van der Waals surface area contributed by atoms with Gasteiger partial charge in [-0.25, -0.2) is 4.98 Å². The van der Waals surface area contributed by atoms with Crippen LogP contribution in [0.1, 0.15) is 5.82 Å². The summed E-state index contributed by atoms with van der Waals surface area (Å²) in [5.41, 5.74) is 7.48. The van der Waals surface area contributed by atoms with E-state index in [9.17, 15) is 0 Å². The van der Waals surface area contributed by atoms with E-state index in [-0.39, 0.29) is 0 Å². The van der Waals surface area contributed by atoms with Gasteiger partial charge in [0.15, 0.2) is 11.5 Å². The number of rotatable bonds is 5. The van der Waals surface area contributed by atoms with Crippen LogP contribution in [0.25, 0.3) is 11.3 Å². The molecule has 102 valence electrons. The number of ether oxygens (including phenoxy) is 2. The maximum Gasteiger partial charge on any atom is 0.161 e. The van der Waals surface area contributed by atoms with Crippen LogP contribution in [0.5, 0.6) is 11.5 Å². The molecule has 0 aliphatic rings. The van der Waals surface area contributed by atoms with E-state index in [1.54, 1.807) is 14.2 Å². The minimum absolute atomic E-state index is 0.600. The van der Waals surface area contributed by atoms with Crippen LogP contribution in [-0.4, -0.2) is 30.3 Å². The highest BCUT2D eigenvalue weighted by Gasteiger charge is 2.10. The van der Waals surface area contributed by atoms with Gasteiger partial charge in [-0.05, 0) is 25.1 Å². The molecule has 19 heavy (non-hydrogen) atoms. The minimum atomic E-state index is 0.600. The molecule has 2 aromatic rings. The molecular formula is C14H19N3O2. The molecule has 0 unspecified atom stereocenters. The predicted molar refractivity (Wildman–Crippen MR) is 74.6 cm³/mol. The lowest BCUT2D eigenvalue weighted by Gasteiger charge is -2.08. The summed E-state index contributed by atoms with van der Waals surface area (Å²) in [4.78, 5) is 4.54. The topological polar surface area (TPSA) is 62.3 Å². The number of hydrogen-bond acceptors (Lipinski definition) is 4. The van der Waals surface area contributed by atoms with Gasteiger partial charge in [-0.3, -0.25) is 0 Å². The molecule has 0 amide bonds. The standard InChI is InChI=1S/C14H19N3O2/c1-10-16-12(9-17(10)7-6-15)11-4-5-13(18-2)14(8-11)19-3/h4-5,8-9H,6-7,15H2,1-3H3. The number of imidazole rings is 1. The smallest absolute Gasteiger partial charge is 0.161 e. The molecule has 2 rings (SSSR count). The molecule has 1 aromatic carbocycles. The van der Waals surface area contributed by atoms with Crippen LogP contribution in [0.3, 0.4) is 0 Å². The molecule has 0 radical (unpaired) electrons. The third-order valence-corrected chi connectivity index (χ3v) is 3.03. The normalized spacial score (nSPS) is 10.5. The highest BCUT2D eigenvalue weighted by molar-refractivity contribution is 5.63. The molecule has 0 atom stereocenters. The molecule has 0 saturated heterocycles. The van der Waals surface area contributed by atoms with Crippen molar-refractivity contribution in [2.75, 3.05) is 20.8 Å². The predicted octanol–water partition coefficient (Wildman–Crippen LogP) is 1.83. The van der Waals surface area contributed by atoms with Crippen LogP contribution in [0.4, 0.5) is 0 Å². The summed E-state index contributed by atoms with van der Waals surface area (Å²) in [5.74, 6) is 2.37. The summed E-state index contributed by atoms with van der Waals surface area (Å²) in [6.45, 7) is 3.34. The van der Waals surface area contributed by atoms with Crippen molar-refractivity contribution in [3.63, 3.8) is 0 Å². The van der Waals surface area contributed by atoms with Crippen molar-refractivity contribution in [2.45, 2.75) is 13.5 Å². The van der Waals surface area contributed by atoms with E-state index in [1.165, 1.54) is 0 Å². The average molecular weight is 261 g/mol. The molecular weight excluding hydrogens is 242 g/mol. The molecule has 1 aromatic heterocycles. The van der Waals surface area contributed by atoms with E-state index in [4.69, 9.17) is 15.2 Å². The van der Waals surface area contributed by atoms with Crippen LogP contribution in [0, 0.1) is 6.92 Å². The number of benzene rings is 1. The number of nitrogens with zero attached hydrogens (tertiary/aromatic N) is 2. The van der Waals surface area contributed by atoms with Gasteiger partial charge in [-0.1, -0.05) is 0 Å². The van der Waals surface area contributed by atoms with Crippen molar-refractivity contribution in [3.8, 4) is 22.8 Å². The lowest BCUT2D eigenvalue weighted by atomic mass is 10.1. The van der Waals surface area contributed by atoms with Gasteiger partial charge < -0.3 is 19.8 Å². The molecule has 0 bridgehead atoms. The number of methoxy groups -OCH3 is 2. The molecule has 1 heterocycles. The Morgan fingerprint density at radius 3 is 2.58 bits per heavy atom. The van der Waals surface area contributed by atoms with Crippen LogP contribution >= 0.6 is 0 Å². The Labute approximate surface area is 113 Å². The lowest BCUT2D eigenvalue weighted by molar-refractivity contribution is 0.355. The molecule has 0 spiro atoms. The minimum Gasteiger partial charge on any atom is -0.493 e. The molecule has 0 saturated carbocycles. The number of aryl methyl sites for hydroxylation is 1. The Morgan fingerprint density at radius 2 is 1.95 bits per heavy atom. The molecule has 2 N–H and O–H groups in total. The largest absolute Gasteiger partial charge is 0.493 e. The summed E-state index contributed by atoms with van der Waals surface area (Å²) in [6, 6.07) is 5.77. The van der Waals surface area contributed by atoms with Gasteiger partial charge in [0.25, 0.3) is 0 Å². The zero-order chi connectivity index (χ0) is 13.8. The van der Waals surface area contributed by atoms with Crippen molar-refractivity contribution < 1.29 is 9.47 Å². The Morgan fingerprint density at radius 1 is 1.21 bits per heavy atom. The monoisotopic (exact) mass is 261 g/mol. The average Bonchev–Trinajstić information content (AvgIpc) is 2.80. The Hall–Kier alpha value is -2.01. The van der Waals surface area contributed by atoms with Gasteiger partial charge >= 0.3 is 0 Å². The van der Waals surface area contributed by atoms with Crippen molar-refractivity contribution in [1.29, 1.82) is 0 Å². The summed E-state index contributed by atoms with van der Waals surface area (Å²) < 4.78 is 12.6. The summed E-state index contributed by atoms with van der Waals surface area (Å²) in [7, 11) is 3.25. The van der Waals surface area contributed by atoms with Gasteiger partial charge in [-0.2, -0.15) is 0 Å². The first kappa shape index (κ1) is 13.4. The molecule has 5 heteroatoms. The van der Waals surface area contributed by atoms with Gasteiger partial charge in [0.2, 0.25) is 0 Å². The van der Waals surface area contributed by atoms with Crippen molar-refractivity contribution in [1.82, 2.24) is 9.55 Å². The summed E-state index contributed by atoms with van der Waals surface area (Å²) in [5, 5.41) is 0. The zero-order valence-corrected chi connectivity index (χ0v) is 11.5. The van der Waals surface area contributed by atoms with Crippen molar-refractivity contribution in [2.24, 2.45) is 5.73 Å². The number of aromatic nitrogens is 2. The lowest BCUT2D eigenvalue weighted by Crippen LogP contribution is -2.10. The summed E-state index contributed by atoms with van der Waals surface area (Å²) in [6.07, 6.45) is 2.00. The third-order valence-electron chi connectivity index (χ3n) is 3.03. The maximum atomic E-state index is 5.58. The quantitative estimate of drug-likeness (QED) is 0.892. The van der Waals surface area contributed by atoms with Crippen LogP contribution < -0.4 is 15.2 Å².